The van der Waals surface area contributed by atoms with Crippen molar-refractivity contribution in [2.45, 2.75) is 0 Å². The van der Waals surface area contributed by atoms with Crippen LogP contribution in [-0.4, -0.2) is 11.7 Å². The monoisotopic (exact) mass is 351 g/mol. The summed E-state index contributed by atoms with van der Waals surface area (Å²) in [5, 5.41) is 8.27. The lowest BCUT2D eigenvalue weighted by Gasteiger charge is -2.10. The number of nitrogens with one attached hydrogen (secondary N) is 1. The Morgan fingerprint density at radius 1 is 1.04 bits per heavy atom. The second-order valence-electron chi connectivity index (χ2n) is 5.33. The number of hydrogen-bond donors (Lipinski definition) is 4. The van der Waals surface area contributed by atoms with Crippen molar-refractivity contribution in [3.8, 4) is 10.4 Å². The Kier molecular flexibility index (Phi) is 4.67. The summed E-state index contributed by atoms with van der Waals surface area (Å²) in [5.41, 5.74) is 14.8. The molecule has 7 N–H and O–H groups in total. The molecule has 0 aliphatic rings. The molecule has 6 nitrogen and oxygen atoms in total. The van der Waals surface area contributed by atoms with Crippen LogP contribution in [0.4, 0.5) is 11.4 Å². The molecule has 0 unspecified atom stereocenters. The zero-order valence-electron chi connectivity index (χ0n) is 13.3. The van der Waals surface area contributed by atoms with Gasteiger partial charge in [0.05, 0.1) is 11.4 Å². The van der Waals surface area contributed by atoms with Crippen molar-refractivity contribution in [2.24, 2.45) is 16.7 Å². The van der Waals surface area contributed by atoms with Crippen LogP contribution >= 0.6 is 11.3 Å². The number of amidine groups is 1. The number of nitrogen functional groups attached to an aromatic ring is 1. The Balaban J connectivity index is 1.82. The topological polar surface area (TPSA) is 120 Å². The van der Waals surface area contributed by atoms with Gasteiger partial charge in [-0.1, -0.05) is 24.3 Å². The molecule has 1 aromatic heterocycles. The maximum absolute atomic E-state index is 12.5. The smallest absolute Gasteiger partial charge is 0.255 e. The van der Waals surface area contributed by atoms with Crippen LogP contribution in [0.1, 0.15) is 15.9 Å². The van der Waals surface area contributed by atoms with Crippen molar-refractivity contribution in [2.75, 3.05) is 11.1 Å². The molecule has 0 saturated heterocycles. The largest absolute Gasteiger partial charge is 0.397 e. The molecule has 0 spiro atoms. The van der Waals surface area contributed by atoms with Gasteiger partial charge in [0.25, 0.3) is 5.91 Å². The molecule has 1 heterocycles. The van der Waals surface area contributed by atoms with E-state index in [0.717, 1.165) is 10.4 Å². The molecule has 25 heavy (non-hydrogen) atoms. The minimum atomic E-state index is -0.259. The summed E-state index contributed by atoms with van der Waals surface area (Å²) in [7, 11) is 0. The number of rotatable bonds is 4. The molecule has 7 heteroatoms. The van der Waals surface area contributed by atoms with E-state index in [-0.39, 0.29) is 11.7 Å². The first-order valence-corrected chi connectivity index (χ1v) is 8.35. The van der Waals surface area contributed by atoms with Crippen LogP contribution in [-0.2, 0) is 0 Å². The van der Waals surface area contributed by atoms with Gasteiger partial charge in [-0.2, -0.15) is 5.10 Å². The zero-order valence-corrected chi connectivity index (χ0v) is 14.1. The van der Waals surface area contributed by atoms with Gasteiger partial charge in [0.15, 0.2) is 0 Å². The summed E-state index contributed by atoms with van der Waals surface area (Å²) in [5.74, 6) is 5.09. The Morgan fingerprint density at radius 2 is 1.76 bits per heavy atom. The first-order chi connectivity index (χ1) is 12.1. The van der Waals surface area contributed by atoms with E-state index < -0.39 is 0 Å². The molecule has 0 radical (unpaired) electrons. The van der Waals surface area contributed by atoms with Gasteiger partial charge >= 0.3 is 0 Å². The van der Waals surface area contributed by atoms with Crippen molar-refractivity contribution in [1.29, 1.82) is 0 Å². The molecule has 0 bridgehead atoms. The third-order valence-corrected chi connectivity index (χ3v) is 4.61. The second-order valence-corrected chi connectivity index (χ2v) is 6.27. The number of carbonyl (C=O) groups is 1. The first-order valence-electron chi connectivity index (χ1n) is 7.47. The Morgan fingerprint density at radius 3 is 2.40 bits per heavy atom. The molecule has 0 aliphatic carbocycles. The summed E-state index contributed by atoms with van der Waals surface area (Å²) in [6, 6.07) is 16.3. The summed E-state index contributed by atoms with van der Waals surface area (Å²) in [6.07, 6.45) is 0. The third-order valence-electron chi connectivity index (χ3n) is 3.69. The van der Waals surface area contributed by atoms with Gasteiger partial charge in [-0.05, 0) is 41.3 Å². The summed E-state index contributed by atoms with van der Waals surface area (Å²) in [6.45, 7) is 0. The molecular weight excluding hydrogens is 334 g/mol. The van der Waals surface area contributed by atoms with Crippen LogP contribution in [0.15, 0.2) is 65.1 Å². The van der Waals surface area contributed by atoms with Gasteiger partial charge in [-0.3, -0.25) is 4.79 Å². The highest BCUT2D eigenvalue weighted by Gasteiger charge is 2.10. The summed E-state index contributed by atoms with van der Waals surface area (Å²) < 4.78 is 0. The number of nitrogens with two attached hydrogens (primary N) is 3. The molecule has 0 saturated carbocycles. The van der Waals surface area contributed by atoms with E-state index in [1.807, 2.05) is 29.6 Å². The van der Waals surface area contributed by atoms with Crippen LogP contribution in [0.25, 0.3) is 10.4 Å². The predicted octanol–water partition coefficient (Wildman–Crippen LogP) is 2.83. The lowest BCUT2D eigenvalue weighted by atomic mass is 10.1. The molecule has 1 amide bonds. The van der Waals surface area contributed by atoms with E-state index in [9.17, 15) is 4.79 Å². The number of anilines is 2. The van der Waals surface area contributed by atoms with Crippen molar-refractivity contribution in [3.63, 3.8) is 0 Å². The van der Waals surface area contributed by atoms with Gasteiger partial charge < -0.3 is 22.6 Å². The Bertz CT molecular complexity index is 917. The van der Waals surface area contributed by atoms with E-state index in [0.29, 0.717) is 22.5 Å². The molecular formula is C18H17N5OS. The van der Waals surface area contributed by atoms with E-state index in [4.69, 9.17) is 17.3 Å². The van der Waals surface area contributed by atoms with Crippen molar-refractivity contribution < 1.29 is 4.79 Å². The fourth-order valence-corrected chi connectivity index (χ4v) is 3.05. The quantitative estimate of drug-likeness (QED) is 0.190. The molecule has 3 rings (SSSR count). The van der Waals surface area contributed by atoms with Gasteiger partial charge in [0, 0.05) is 16.0 Å². The van der Waals surface area contributed by atoms with E-state index in [2.05, 4.69) is 10.4 Å². The number of amides is 1. The average Bonchev–Trinajstić information content (AvgIpc) is 3.17. The van der Waals surface area contributed by atoms with E-state index in [1.165, 1.54) is 0 Å². The maximum Gasteiger partial charge on any atom is 0.255 e. The highest BCUT2D eigenvalue weighted by Crippen LogP contribution is 2.30. The number of hydrazone groups is 1. The van der Waals surface area contributed by atoms with Crippen molar-refractivity contribution in [3.05, 3.63) is 71.1 Å². The standard InChI is InChI=1S/C18H17N5OS/c19-14-8-7-13(16-2-1-9-25-16)10-15(14)22-18(24)12-5-3-11(4-6-12)17(20)23-21/h1-10H,19,21H2,(H2,20,23)(H,22,24). The van der Waals surface area contributed by atoms with Crippen LogP contribution in [0, 0.1) is 0 Å². The highest BCUT2D eigenvalue weighted by atomic mass is 32.1. The number of nitrogens with zero attached hydrogens (tertiary/aromatic N) is 1. The van der Waals surface area contributed by atoms with Crippen LogP contribution in [0.5, 0.6) is 0 Å². The Labute approximate surface area is 149 Å². The fraction of sp³-hybridized carbons (Fsp3) is 0. The minimum absolute atomic E-state index is 0.208. The highest BCUT2D eigenvalue weighted by molar-refractivity contribution is 7.13. The molecule has 0 aliphatic heterocycles. The maximum atomic E-state index is 12.5. The first kappa shape index (κ1) is 16.5. The molecule has 2 aromatic carbocycles. The molecule has 0 fully saturated rings. The van der Waals surface area contributed by atoms with Gasteiger partial charge in [0.2, 0.25) is 0 Å². The van der Waals surface area contributed by atoms with Crippen LogP contribution in [0.2, 0.25) is 0 Å². The number of hydrogen-bond acceptors (Lipinski definition) is 5. The second kappa shape index (κ2) is 7.06. The fourth-order valence-electron chi connectivity index (χ4n) is 2.32. The molecule has 126 valence electrons. The summed E-state index contributed by atoms with van der Waals surface area (Å²) >= 11 is 1.63. The van der Waals surface area contributed by atoms with Crippen molar-refractivity contribution >= 4 is 34.5 Å². The molecule has 0 atom stereocenters. The van der Waals surface area contributed by atoms with Crippen LogP contribution in [0.3, 0.4) is 0 Å². The van der Waals surface area contributed by atoms with Gasteiger partial charge in [-0.25, -0.2) is 0 Å². The van der Waals surface area contributed by atoms with Gasteiger partial charge in [0.1, 0.15) is 5.84 Å². The lowest BCUT2D eigenvalue weighted by Crippen LogP contribution is -2.17. The molecule has 3 aromatic rings. The minimum Gasteiger partial charge on any atom is -0.397 e. The lowest BCUT2D eigenvalue weighted by molar-refractivity contribution is 0.102. The average molecular weight is 351 g/mol. The SMILES string of the molecule is N/N=C(\N)c1ccc(C(=O)Nc2cc(-c3cccs3)ccc2N)cc1. The van der Waals surface area contributed by atoms with Crippen molar-refractivity contribution in [1.82, 2.24) is 0 Å². The van der Waals surface area contributed by atoms with Crippen LogP contribution < -0.4 is 22.6 Å². The Hall–Kier alpha value is -3.32. The summed E-state index contributed by atoms with van der Waals surface area (Å²) in [4.78, 5) is 13.6. The number of carbonyl (C=O) groups excluding carboxylic acids is 1. The number of benzene rings is 2. The normalized spacial score (nSPS) is 11.3. The zero-order chi connectivity index (χ0) is 17.8. The van der Waals surface area contributed by atoms with Gasteiger partial charge in [-0.15, -0.1) is 11.3 Å². The third kappa shape index (κ3) is 3.61. The van der Waals surface area contributed by atoms with E-state index in [1.54, 1.807) is 41.7 Å². The van der Waals surface area contributed by atoms with E-state index >= 15 is 0 Å². The number of thiophene rings is 1. The predicted molar refractivity (Wildman–Crippen MR) is 103 cm³/mol.